The summed E-state index contributed by atoms with van der Waals surface area (Å²) >= 11 is 0. The zero-order valence-corrected chi connectivity index (χ0v) is 21.7. The van der Waals surface area contributed by atoms with E-state index in [1.54, 1.807) is 12.1 Å². The van der Waals surface area contributed by atoms with E-state index in [-0.39, 0.29) is 18.1 Å². The zero-order chi connectivity index (χ0) is 27.3. The van der Waals surface area contributed by atoms with Gasteiger partial charge in [0.2, 0.25) is 0 Å². The summed E-state index contributed by atoms with van der Waals surface area (Å²) < 4.78 is 65.9. The summed E-state index contributed by atoms with van der Waals surface area (Å²) in [5.41, 5.74) is 1.62. The van der Waals surface area contributed by atoms with Crippen molar-refractivity contribution in [3.8, 4) is 0 Å². The first-order valence-corrected chi connectivity index (χ1v) is 14.1. The van der Waals surface area contributed by atoms with Crippen LogP contribution in [0.4, 0.5) is 0 Å². The highest BCUT2D eigenvalue weighted by Gasteiger charge is 2.56. The Morgan fingerprint density at radius 2 is 1.51 bits per heavy atom. The van der Waals surface area contributed by atoms with E-state index in [0.29, 0.717) is 0 Å². The first-order valence-electron chi connectivity index (χ1n) is 12.7. The molecule has 0 radical (unpaired) electrons. The summed E-state index contributed by atoms with van der Waals surface area (Å²) in [6.07, 6.45) is -12.9. The molecule has 13 heteroatoms. The molecule has 39 heavy (non-hydrogen) atoms. The number of ether oxygens (including phenoxy) is 6. The summed E-state index contributed by atoms with van der Waals surface area (Å²) in [5, 5.41) is 32.8. The van der Waals surface area contributed by atoms with Crippen LogP contribution in [-0.2, 0) is 42.7 Å². The van der Waals surface area contributed by atoms with E-state index in [4.69, 9.17) is 32.6 Å². The molecule has 0 spiro atoms. The van der Waals surface area contributed by atoms with Gasteiger partial charge in [-0.2, -0.15) is 8.42 Å². The summed E-state index contributed by atoms with van der Waals surface area (Å²) in [4.78, 5) is -0.0933. The van der Waals surface area contributed by atoms with Gasteiger partial charge in [0.15, 0.2) is 25.0 Å². The predicted octanol–water partition coefficient (Wildman–Crippen LogP) is 0.131. The molecule has 4 aliphatic heterocycles. The molecule has 4 aliphatic rings. The number of aliphatic hydroxyl groups excluding tert-OH is 3. The van der Waals surface area contributed by atoms with Gasteiger partial charge in [0.25, 0.3) is 10.1 Å². The van der Waals surface area contributed by atoms with E-state index >= 15 is 0 Å². The fourth-order valence-electron chi connectivity index (χ4n) is 5.15. The molecule has 2 aromatic rings. The maximum atomic E-state index is 12.9. The lowest BCUT2D eigenvalue weighted by Gasteiger charge is -2.47. The van der Waals surface area contributed by atoms with Gasteiger partial charge in [-0.3, -0.25) is 4.18 Å². The largest absolute Gasteiger partial charge is 0.387 e. The topological polar surface area (TPSA) is 159 Å². The summed E-state index contributed by atoms with van der Waals surface area (Å²) in [6, 6.07) is 15.2. The van der Waals surface area contributed by atoms with Gasteiger partial charge in [0.1, 0.15) is 42.7 Å². The zero-order valence-electron chi connectivity index (χ0n) is 20.9. The molecule has 4 heterocycles. The van der Waals surface area contributed by atoms with Crippen LogP contribution in [0.2, 0.25) is 0 Å². The van der Waals surface area contributed by atoms with Crippen LogP contribution in [0.15, 0.2) is 59.5 Å². The van der Waals surface area contributed by atoms with Gasteiger partial charge in [-0.15, -0.1) is 0 Å². The second-order valence-electron chi connectivity index (χ2n) is 10.00. The standard InChI is InChI=1S/C26H30O12S/c1-13-7-9-15(10-8-13)39(30,31)38-23-20(29)22(17-12-33-26(23)35-17)37-25-19(28)18(27)21-16(34-25)11-32-24(36-21)14-5-3-2-4-6-14/h2-10,16-29H,11-12H2,1H3/t16?,17?,18?,19-,20?,21+,22+,23?,24?,25-,26+/m0/s1. The first kappa shape index (κ1) is 27.2. The van der Waals surface area contributed by atoms with E-state index in [1.165, 1.54) is 12.1 Å². The van der Waals surface area contributed by atoms with E-state index in [0.717, 1.165) is 11.1 Å². The maximum Gasteiger partial charge on any atom is 0.297 e. The number of fused-ring (bicyclic) bond motifs is 3. The molecule has 4 fully saturated rings. The lowest BCUT2D eigenvalue weighted by Crippen LogP contribution is -2.64. The van der Waals surface area contributed by atoms with Gasteiger partial charge >= 0.3 is 0 Å². The molecule has 0 aliphatic carbocycles. The number of aliphatic hydroxyl groups is 3. The monoisotopic (exact) mass is 566 g/mol. The molecule has 2 aromatic carbocycles. The highest BCUT2D eigenvalue weighted by Crippen LogP contribution is 2.38. The van der Waals surface area contributed by atoms with Gasteiger partial charge in [0, 0.05) is 5.56 Å². The van der Waals surface area contributed by atoms with Crippen LogP contribution in [0.1, 0.15) is 17.4 Å². The van der Waals surface area contributed by atoms with Gasteiger partial charge in [-0.25, -0.2) is 0 Å². The van der Waals surface area contributed by atoms with Crippen LogP contribution in [-0.4, -0.2) is 98.4 Å². The Balaban J connectivity index is 1.15. The van der Waals surface area contributed by atoms with Crippen molar-refractivity contribution in [1.82, 2.24) is 0 Å². The van der Waals surface area contributed by atoms with Crippen LogP contribution in [0.25, 0.3) is 0 Å². The Hall–Kier alpha value is -2.01. The average Bonchev–Trinajstić information content (AvgIpc) is 3.38. The minimum absolute atomic E-state index is 0.0146. The number of rotatable bonds is 6. The van der Waals surface area contributed by atoms with Crippen molar-refractivity contribution in [3.63, 3.8) is 0 Å². The molecule has 6 unspecified atom stereocenters. The molecule has 12 nitrogen and oxygen atoms in total. The van der Waals surface area contributed by atoms with Crippen molar-refractivity contribution < 1.29 is 56.3 Å². The van der Waals surface area contributed by atoms with Crippen LogP contribution in [0, 0.1) is 6.92 Å². The molecule has 2 bridgehead atoms. The third-order valence-corrected chi connectivity index (χ3v) is 8.61. The quantitative estimate of drug-likeness (QED) is 0.407. The van der Waals surface area contributed by atoms with Crippen LogP contribution in [0.5, 0.6) is 0 Å². The molecule has 11 atom stereocenters. The van der Waals surface area contributed by atoms with Crippen molar-refractivity contribution in [2.45, 2.75) is 79.5 Å². The minimum Gasteiger partial charge on any atom is -0.387 e. The Labute approximate surface area is 225 Å². The van der Waals surface area contributed by atoms with E-state index < -0.39 is 77.8 Å². The fraction of sp³-hybridized carbons (Fsp3) is 0.538. The number of hydrogen-bond acceptors (Lipinski definition) is 12. The first-order chi connectivity index (χ1) is 18.7. The van der Waals surface area contributed by atoms with Crippen molar-refractivity contribution >= 4 is 10.1 Å². The highest BCUT2D eigenvalue weighted by atomic mass is 32.2. The van der Waals surface area contributed by atoms with Gasteiger partial charge in [0.05, 0.1) is 18.1 Å². The van der Waals surface area contributed by atoms with E-state index in [9.17, 15) is 23.7 Å². The second-order valence-corrected chi connectivity index (χ2v) is 11.6. The van der Waals surface area contributed by atoms with Crippen molar-refractivity contribution in [1.29, 1.82) is 0 Å². The Morgan fingerprint density at radius 3 is 2.26 bits per heavy atom. The van der Waals surface area contributed by atoms with Crippen molar-refractivity contribution in [3.05, 3.63) is 65.7 Å². The third-order valence-electron chi connectivity index (χ3n) is 7.29. The number of benzene rings is 2. The minimum atomic E-state index is -4.28. The van der Waals surface area contributed by atoms with Crippen molar-refractivity contribution in [2.24, 2.45) is 0 Å². The molecule has 212 valence electrons. The van der Waals surface area contributed by atoms with Gasteiger partial charge < -0.3 is 43.7 Å². The normalized spacial score (nSPS) is 40.3. The molecular weight excluding hydrogens is 536 g/mol. The Morgan fingerprint density at radius 1 is 0.795 bits per heavy atom. The molecule has 4 saturated heterocycles. The summed E-state index contributed by atoms with van der Waals surface area (Å²) in [5.74, 6) is 0. The van der Waals surface area contributed by atoms with Crippen LogP contribution >= 0.6 is 0 Å². The molecule has 0 amide bonds. The second kappa shape index (κ2) is 10.8. The number of aryl methyl sites for hydroxylation is 1. The van der Waals surface area contributed by atoms with E-state index in [2.05, 4.69) is 0 Å². The van der Waals surface area contributed by atoms with Gasteiger partial charge in [-0.1, -0.05) is 48.0 Å². The molecule has 3 N–H and O–H groups in total. The lowest BCUT2D eigenvalue weighted by molar-refractivity contribution is -0.376. The fourth-order valence-corrected chi connectivity index (χ4v) is 6.23. The summed E-state index contributed by atoms with van der Waals surface area (Å²) in [7, 11) is -4.28. The maximum absolute atomic E-state index is 12.9. The average molecular weight is 567 g/mol. The predicted molar refractivity (Wildman–Crippen MR) is 129 cm³/mol. The smallest absolute Gasteiger partial charge is 0.297 e. The molecular formula is C26H30O12S. The van der Waals surface area contributed by atoms with Crippen LogP contribution in [0.3, 0.4) is 0 Å². The highest BCUT2D eigenvalue weighted by molar-refractivity contribution is 7.86. The SMILES string of the molecule is Cc1ccc(S(=O)(=O)OC2C(O)[C@H](O[C@@H]3OC4COC(c5ccccc5)O[C@H]4C(O)[C@@H]3O)C3CO[C@@H]2O3)cc1. The lowest BCUT2D eigenvalue weighted by atomic mass is 9.97. The summed E-state index contributed by atoms with van der Waals surface area (Å²) in [6.45, 7) is 1.85. The Bertz CT molecular complexity index is 1240. The van der Waals surface area contributed by atoms with E-state index in [1.807, 2.05) is 37.3 Å². The Kier molecular flexibility index (Phi) is 7.50. The number of hydrogen-bond donors (Lipinski definition) is 3. The van der Waals surface area contributed by atoms with Crippen LogP contribution < -0.4 is 0 Å². The van der Waals surface area contributed by atoms with Gasteiger partial charge in [-0.05, 0) is 19.1 Å². The molecule has 0 aromatic heterocycles. The molecule has 0 saturated carbocycles. The van der Waals surface area contributed by atoms with Crippen molar-refractivity contribution in [2.75, 3.05) is 13.2 Å². The molecule has 6 rings (SSSR count). The third kappa shape index (κ3) is 5.25.